The predicted molar refractivity (Wildman–Crippen MR) is 168 cm³/mol. The maximum atomic E-state index is 12.5. The van der Waals surface area contributed by atoms with Gasteiger partial charge in [-0.05, 0) is 32.6 Å². The van der Waals surface area contributed by atoms with E-state index in [0.29, 0.717) is 0 Å². The number of cyclic esters (lactones) is 1. The van der Waals surface area contributed by atoms with Crippen molar-refractivity contribution < 1.29 is 23.8 Å². The van der Waals surface area contributed by atoms with Gasteiger partial charge < -0.3 is 19.0 Å². The van der Waals surface area contributed by atoms with Gasteiger partial charge in [-0.25, -0.2) is 4.79 Å². The van der Waals surface area contributed by atoms with Crippen LogP contribution in [0.3, 0.4) is 0 Å². The quantitative estimate of drug-likeness (QED) is 0.192. The van der Waals surface area contributed by atoms with Crippen LogP contribution in [-0.4, -0.2) is 37.7 Å². The van der Waals surface area contributed by atoms with Crippen molar-refractivity contribution >= 4 is 24.7 Å². The van der Waals surface area contributed by atoms with E-state index in [1.54, 1.807) is 0 Å². The molecule has 4 aromatic carbocycles. The van der Waals surface area contributed by atoms with Gasteiger partial charge in [-0.3, -0.25) is 0 Å². The fraction of sp³-hybridized carbons (Fsp3) is 0.250. The highest BCUT2D eigenvalue weighted by Crippen LogP contribution is 2.42. The van der Waals surface area contributed by atoms with Gasteiger partial charge in [0.2, 0.25) is 0 Å². The van der Waals surface area contributed by atoms with Gasteiger partial charge >= 0.3 is 5.97 Å². The van der Waals surface area contributed by atoms with Crippen molar-refractivity contribution in [2.75, 3.05) is 0 Å². The number of hydrogen-bond donors (Lipinski definition) is 1. The molecule has 4 aromatic rings. The van der Waals surface area contributed by atoms with Crippen molar-refractivity contribution in [3.8, 4) is 0 Å². The van der Waals surface area contributed by atoms with E-state index < -0.39 is 38.7 Å². The van der Waals surface area contributed by atoms with E-state index in [1.807, 2.05) is 97.1 Å². The molecule has 0 bridgehead atoms. The Hall–Kier alpha value is -3.81. The summed E-state index contributed by atoms with van der Waals surface area (Å²) >= 11 is 0. The zero-order chi connectivity index (χ0) is 29.6. The van der Waals surface area contributed by atoms with Gasteiger partial charge in [0, 0.05) is 6.08 Å². The van der Waals surface area contributed by atoms with E-state index in [4.69, 9.17) is 13.9 Å². The third-order valence-electron chi connectivity index (χ3n) is 7.77. The van der Waals surface area contributed by atoms with Crippen LogP contribution < -0.4 is 10.4 Å². The Balaban J connectivity index is 1.70. The molecule has 0 amide bonds. The van der Waals surface area contributed by atoms with Gasteiger partial charge in [0.25, 0.3) is 8.32 Å². The van der Waals surface area contributed by atoms with E-state index in [9.17, 15) is 9.90 Å². The summed E-state index contributed by atoms with van der Waals surface area (Å²) in [5, 5.41) is 13.1. The maximum absolute atomic E-state index is 12.5. The standard InChI is InChI=1S/C36H38O5Si/c1-36(2,3)42(29-20-12-6-13-21-29,30-22-14-7-15-23-30)41-33(28-18-10-5-11-19-28)35(34-31(37)24-25-32(38)40-34)39-26-27-16-8-4-9-17-27/h4-25,31,33-35,37H,26H2,1-3H3/t31-,33-,34-,35-/m1/s1. The average Bonchev–Trinajstić information content (AvgIpc) is 3.01. The van der Waals surface area contributed by atoms with Crippen LogP contribution in [0.25, 0.3) is 0 Å². The van der Waals surface area contributed by atoms with Crippen LogP contribution in [0.2, 0.25) is 5.04 Å². The van der Waals surface area contributed by atoms with E-state index >= 15 is 0 Å². The van der Waals surface area contributed by atoms with Crippen molar-refractivity contribution in [2.24, 2.45) is 0 Å². The SMILES string of the molecule is CC(C)(C)[Si](O[C@H](c1ccccc1)[C@@H](OCc1ccccc1)[C@@H]1OC(=O)C=C[C@H]1O)(c1ccccc1)c1ccccc1. The number of benzene rings is 4. The van der Waals surface area contributed by atoms with Crippen LogP contribution in [0.4, 0.5) is 0 Å². The second kappa shape index (κ2) is 13.0. The number of aliphatic hydroxyl groups excluding tert-OH is 1. The highest BCUT2D eigenvalue weighted by atomic mass is 28.4. The van der Waals surface area contributed by atoms with Crippen molar-refractivity contribution in [1.29, 1.82) is 0 Å². The van der Waals surface area contributed by atoms with Crippen molar-refractivity contribution in [3.63, 3.8) is 0 Å². The smallest absolute Gasteiger partial charge is 0.330 e. The minimum Gasteiger partial charge on any atom is -0.453 e. The first-order valence-electron chi connectivity index (χ1n) is 14.4. The second-order valence-electron chi connectivity index (χ2n) is 11.6. The molecule has 0 aliphatic carbocycles. The van der Waals surface area contributed by atoms with Crippen molar-refractivity contribution in [1.82, 2.24) is 0 Å². The number of esters is 1. The molecule has 4 atom stereocenters. The average molecular weight is 579 g/mol. The Bertz CT molecular complexity index is 1410. The summed E-state index contributed by atoms with van der Waals surface area (Å²) in [5.41, 5.74) is 1.84. The molecule has 1 heterocycles. The van der Waals surface area contributed by atoms with E-state index in [2.05, 4.69) is 45.0 Å². The Kier molecular flexibility index (Phi) is 9.19. The van der Waals surface area contributed by atoms with E-state index in [0.717, 1.165) is 21.5 Å². The summed E-state index contributed by atoms with van der Waals surface area (Å²) in [5.74, 6) is -0.518. The normalized spacial score (nSPS) is 18.7. The number of aliphatic hydroxyl groups is 1. The lowest BCUT2D eigenvalue weighted by Gasteiger charge is -2.47. The van der Waals surface area contributed by atoms with Gasteiger partial charge in [0.05, 0.1) is 6.61 Å². The number of carbonyl (C=O) groups is 1. The van der Waals surface area contributed by atoms with Crippen LogP contribution in [0.5, 0.6) is 0 Å². The molecular weight excluding hydrogens is 540 g/mol. The minimum absolute atomic E-state index is 0.253. The first-order chi connectivity index (χ1) is 20.3. The number of carbonyl (C=O) groups excluding carboxylic acids is 1. The third-order valence-corrected chi connectivity index (χ3v) is 12.8. The lowest BCUT2D eigenvalue weighted by Crippen LogP contribution is -2.68. The molecular formula is C36H38O5Si. The first-order valence-corrected chi connectivity index (χ1v) is 16.3. The summed E-state index contributed by atoms with van der Waals surface area (Å²) in [6.45, 7) is 6.92. The highest BCUT2D eigenvalue weighted by Gasteiger charge is 2.54. The molecule has 1 aliphatic rings. The molecule has 42 heavy (non-hydrogen) atoms. The van der Waals surface area contributed by atoms with Gasteiger partial charge in [-0.2, -0.15) is 0 Å². The van der Waals surface area contributed by atoms with Crippen LogP contribution in [0.15, 0.2) is 133 Å². The van der Waals surface area contributed by atoms with Gasteiger partial charge in [-0.15, -0.1) is 0 Å². The molecule has 0 unspecified atom stereocenters. The fourth-order valence-electron chi connectivity index (χ4n) is 5.76. The van der Waals surface area contributed by atoms with Gasteiger partial charge in [-0.1, -0.05) is 142 Å². The lowest BCUT2D eigenvalue weighted by atomic mass is 9.95. The molecule has 1 N–H and O–H groups in total. The summed E-state index contributed by atoms with van der Waals surface area (Å²) in [6, 6.07) is 40.6. The van der Waals surface area contributed by atoms with Crippen LogP contribution in [0, 0.1) is 0 Å². The minimum atomic E-state index is -3.09. The summed E-state index contributed by atoms with van der Waals surface area (Å²) in [7, 11) is -3.09. The molecule has 0 fully saturated rings. The molecule has 216 valence electrons. The first kappa shape index (κ1) is 29.7. The van der Waals surface area contributed by atoms with Gasteiger partial charge in [0.1, 0.15) is 18.3 Å². The second-order valence-corrected chi connectivity index (χ2v) is 15.9. The Labute approximate surface area is 249 Å². The molecule has 0 saturated heterocycles. The molecule has 5 nitrogen and oxygen atoms in total. The van der Waals surface area contributed by atoms with E-state index in [1.165, 1.54) is 12.2 Å². The van der Waals surface area contributed by atoms with Crippen LogP contribution >= 0.6 is 0 Å². The fourth-order valence-corrected chi connectivity index (χ4v) is 10.4. The molecule has 0 saturated carbocycles. The van der Waals surface area contributed by atoms with Crippen LogP contribution in [0.1, 0.15) is 38.0 Å². The predicted octanol–water partition coefficient (Wildman–Crippen LogP) is 5.73. The zero-order valence-corrected chi connectivity index (χ0v) is 25.3. The summed E-state index contributed by atoms with van der Waals surface area (Å²) in [6.07, 6.45) is -0.804. The Morgan fingerprint density at radius 3 is 1.81 bits per heavy atom. The Morgan fingerprint density at radius 2 is 1.29 bits per heavy atom. The molecule has 5 rings (SSSR count). The van der Waals surface area contributed by atoms with Crippen molar-refractivity contribution in [2.45, 2.75) is 56.8 Å². The molecule has 1 aliphatic heterocycles. The van der Waals surface area contributed by atoms with Crippen LogP contribution in [-0.2, 0) is 25.3 Å². The number of rotatable bonds is 10. The monoisotopic (exact) mass is 578 g/mol. The molecule has 0 radical (unpaired) electrons. The number of hydrogen-bond acceptors (Lipinski definition) is 5. The molecule has 0 spiro atoms. The summed E-state index contributed by atoms with van der Waals surface area (Å²) in [4.78, 5) is 12.5. The number of ether oxygens (including phenoxy) is 2. The van der Waals surface area contributed by atoms with Gasteiger partial charge in [0.15, 0.2) is 6.10 Å². The zero-order valence-electron chi connectivity index (χ0n) is 24.3. The van der Waals surface area contributed by atoms with Crippen molar-refractivity contribution in [3.05, 3.63) is 145 Å². The molecule has 6 heteroatoms. The van der Waals surface area contributed by atoms with E-state index in [-0.39, 0.29) is 11.6 Å². The maximum Gasteiger partial charge on any atom is 0.330 e. The highest BCUT2D eigenvalue weighted by molar-refractivity contribution is 6.99. The Morgan fingerprint density at radius 1 is 0.786 bits per heavy atom. The topological polar surface area (TPSA) is 65.0 Å². The summed E-state index contributed by atoms with van der Waals surface area (Å²) < 4.78 is 20.1. The third kappa shape index (κ3) is 6.32. The largest absolute Gasteiger partial charge is 0.453 e. The molecule has 0 aromatic heterocycles. The lowest BCUT2D eigenvalue weighted by molar-refractivity contribution is -0.175.